The lowest BCUT2D eigenvalue weighted by atomic mass is 9.89. The molecule has 2 aromatic carbocycles. The molecule has 0 aliphatic rings. The number of hydrogen-bond acceptors (Lipinski definition) is 4. The fourth-order valence-electron chi connectivity index (χ4n) is 3.68. The van der Waals surface area contributed by atoms with Crippen molar-refractivity contribution >= 4 is 17.6 Å². The molecule has 0 aliphatic heterocycles. The number of nitrogens with zero attached hydrogens (tertiary/aromatic N) is 1. The van der Waals surface area contributed by atoms with E-state index in [0.29, 0.717) is 11.0 Å². The quantitative estimate of drug-likeness (QED) is 0.450. The first-order chi connectivity index (χ1) is 16.4. The predicted octanol–water partition coefficient (Wildman–Crippen LogP) is 3.59. The van der Waals surface area contributed by atoms with E-state index in [4.69, 9.17) is 0 Å². The zero-order valence-corrected chi connectivity index (χ0v) is 21.6. The first-order valence-corrected chi connectivity index (χ1v) is 11.8. The summed E-state index contributed by atoms with van der Waals surface area (Å²) in [5.41, 5.74) is 1.78. The second kappa shape index (κ2) is 11.8. The molecule has 0 bridgehead atoms. The first kappa shape index (κ1) is 27.8. The summed E-state index contributed by atoms with van der Waals surface area (Å²) in [6, 6.07) is 14.9. The predicted molar refractivity (Wildman–Crippen MR) is 138 cm³/mol. The molecule has 2 amide bonds. The number of hydrogen-bond donors (Lipinski definition) is 2. The van der Waals surface area contributed by atoms with Crippen LogP contribution in [0.5, 0.6) is 0 Å². The molecule has 0 saturated carbocycles. The van der Waals surface area contributed by atoms with Crippen molar-refractivity contribution in [2.75, 3.05) is 20.7 Å². The largest absolute Gasteiger partial charge is 0.388 e. The van der Waals surface area contributed by atoms with Crippen LogP contribution in [0.1, 0.15) is 67.6 Å². The Labute approximate surface area is 208 Å². The van der Waals surface area contributed by atoms with E-state index in [9.17, 15) is 19.5 Å². The lowest BCUT2D eigenvalue weighted by Crippen LogP contribution is -2.62. The van der Waals surface area contributed by atoms with E-state index in [2.05, 4.69) is 50.1 Å². The molecule has 6 heteroatoms. The number of aryl methyl sites for hydroxylation is 1. The van der Waals surface area contributed by atoms with Gasteiger partial charge in [0.1, 0.15) is 6.61 Å². The highest BCUT2D eigenvalue weighted by Gasteiger charge is 2.46. The van der Waals surface area contributed by atoms with E-state index >= 15 is 0 Å². The van der Waals surface area contributed by atoms with Gasteiger partial charge < -0.3 is 15.3 Å². The van der Waals surface area contributed by atoms with Crippen molar-refractivity contribution in [2.45, 2.75) is 52.5 Å². The van der Waals surface area contributed by atoms with E-state index in [1.165, 1.54) is 33.0 Å². The number of carbonyl (C=O) groups is 3. The number of nitrogens with one attached hydrogen (secondary N) is 1. The Morgan fingerprint density at radius 1 is 0.914 bits per heavy atom. The van der Waals surface area contributed by atoms with Crippen LogP contribution in [0.4, 0.5) is 0 Å². The second-order valence-electron chi connectivity index (χ2n) is 10.0. The number of benzene rings is 2. The summed E-state index contributed by atoms with van der Waals surface area (Å²) in [6.45, 7) is 7.23. The minimum atomic E-state index is -1.82. The molecule has 0 aromatic heterocycles. The van der Waals surface area contributed by atoms with E-state index < -0.39 is 29.7 Å². The molecule has 0 fully saturated rings. The monoisotopic (exact) mass is 476 g/mol. The Kier molecular flexibility index (Phi) is 9.39. The van der Waals surface area contributed by atoms with Gasteiger partial charge in [0.15, 0.2) is 11.3 Å². The van der Waals surface area contributed by atoms with Crippen LogP contribution in [0, 0.1) is 17.3 Å². The van der Waals surface area contributed by atoms with Gasteiger partial charge in [-0.25, -0.2) is 0 Å². The van der Waals surface area contributed by atoms with Crippen molar-refractivity contribution in [3.63, 3.8) is 0 Å². The fraction of sp³-hybridized carbons (Fsp3) is 0.414. The highest BCUT2D eigenvalue weighted by atomic mass is 16.3. The average Bonchev–Trinajstić information content (AvgIpc) is 2.85. The lowest BCUT2D eigenvalue weighted by molar-refractivity contribution is -0.143. The summed E-state index contributed by atoms with van der Waals surface area (Å²) < 4.78 is 0. The van der Waals surface area contributed by atoms with Crippen LogP contribution in [0.2, 0.25) is 0 Å². The van der Waals surface area contributed by atoms with Crippen LogP contribution in [0.15, 0.2) is 48.5 Å². The SMILES string of the molecule is CNC(=O)[C@@](C)(C(=O)CO)N(C)C(=O)c1ccc(C#Cc2ccc(CCCC(C)(C)C)cc2)cc1. The van der Waals surface area contributed by atoms with E-state index in [1.807, 2.05) is 12.1 Å². The molecule has 2 aromatic rings. The summed E-state index contributed by atoms with van der Waals surface area (Å²) >= 11 is 0. The van der Waals surface area contributed by atoms with Crippen molar-refractivity contribution in [3.05, 3.63) is 70.8 Å². The third kappa shape index (κ3) is 7.27. The van der Waals surface area contributed by atoms with Gasteiger partial charge in [0.25, 0.3) is 11.8 Å². The summed E-state index contributed by atoms with van der Waals surface area (Å²) in [4.78, 5) is 38.6. The van der Waals surface area contributed by atoms with E-state index in [-0.39, 0.29) is 0 Å². The van der Waals surface area contributed by atoms with Crippen molar-refractivity contribution in [1.82, 2.24) is 10.2 Å². The standard InChI is InChI=1S/C29H36N2O4/c1-28(2,3)19-7-8-21-9-11-22(12-10-21)13-14-23-15-17-24(18-16-23)26(34)31(6)29(4,25(33)20-32)27(35)30-5/h9-12,15-18,32H,7-8,19-20H2,1-6H3,(H,30,35)/t29-/m1/s1. The lowest BCUT2D eigenvalue weighted by Gasteiger charge is -2.35. The number of rotatable bonds is 8. The van der Waals surface area contributed by atoms with Gasteiger partial charge >= 0.3 is 0 Å². The van der Waals surface area contributed by atoms with Crippen molar-refractivity contribution < 1.29 is 19.5 Å². The molecule has 186 valence electrons. The molecule has 1 atom stereocenters. The zero-order valence-electron chi connectivity index (χ0n) is 21.6. The van der Waals surface area contributed by atoms with Crippen LogP contribution >= 0.6 is 0 Å². The number of aliphatic hydroxyl groups excluding tert-OH is 1. The average molecular weight is 477 g/mol. The number of ketones is 1. The number of carbonyl (C=O) groups excluding carboxylic acids is 3. The summed E-state index contributed by atoms with van der Waals surface area (Å²) in [7, 11) is 2.74. The van der Waals surface area contributed by atoms with Gasteiger partial charge in [-0.15, -0.1) is 0 Å². The zero-order chi connectivity index (χ0) is 26.2. The third-order valence-corrected chi connectivity index (χ3v) is 6.16. The van der Waals surface area contributed by atoms with Gasteiger partial charge in [0.2, 0.25) is 0 Å². The second-order valence-corrected chi connectivity index (χ2v) is 10.0. The first-order valence-electron chi connectivity index (χ1n) is 11.8. The van der Waals surface area contributed by atoms with Crippen LogP contribution in [0.25, 0.3) is 0 Å². The van der Waals surface area contributed by atoms with Crippen molar-refractivity contribution in [3.8, 4) is 11.8 Å². The number of likely N-dealkylation sites (N-methyl/N-ethyl adjacent to an activating group) is 2. The maximum atomic E-state index is 13.0. The molecule has 0 radical (unpaired) electrons. The molecular weight excluding hydrogens is 440 g/mol. The molecule has 0 heterocycles. The maximum absolute atomic E-state index is 13.0. The molecule has 0 unspecified atom stereocenters. The Morgan fingerprint density at radius 3 is 1.89 bits per heavy atom. The van der Waals surface area contributed by atoms with Crippen LogP contribution in [0.3, 0.4) is 0 Å². The number of aliphatic hydroxyl groups is 1. The molecule has 35 heavy (non-hydrogen) atoms. The third-order valence-electron chi connectivity index (χ3n) is 6.16. The smallest absolute Gasteiger partial charge is 0.254 e. The van der Waals surface area contributed by atoms with Gasteiger partial charge in [-0.05, 0) is 73.6 Å². The highest BCUT2D eigenvalue weighted by Crippen LogP contribution is 2.22. The molecule has 0 aliphatic carbocycles. The minimum Gasteiger partial charge on any atom is -0.388 e. The van der Waals surface area contributed by atoms with Gasteiger partial charge in [-0.1, -0.05) is 44.7 Å². The fourth-order valence-corrected chi connectivity index (χ4v) is 3.68. The van der Waals surface area contributed by atoms with E-state index in [0.717, 1.165) is 28.9 Å². The summed E-state index contributed by atoms with van der Waals surface area (Å²) in [6.07, 6.45) is 3.40. The Bertz CT molecular complexity index is 1080. The van der Waals surface area contributed by atoms with Crippen LogP contribution < -0.4 is 5.32 Å². The maximum Gasteiger partial charge on any atom is 0.254 e. The molecule has 6 nitrogen and oxygen atoms in total. The molecule has 2 rings (SSSR count). The van der Waals surface area contributed by atoms with Crippen LogP contribution in [-0.4, -0.2) is 53.8 Å². The highest BCUT2D eigenvalue weighted by molar-refractivity contribution is 6.14. The van der Waals surface area contributed by atoms with Gasteiger partial charge in [0.05, 0.1) is 0 Å². The Balaban J connectivity index is 2.09. The van der Waals surface area contributed by atoms with Gasteiger partial charge in [0, 0.05) is 30.8 Å². The molecule has 0 spiro atoms. The van der Waals surface area contributed by atoms with Crippen molar-refractivity contribution in [1.29, 1.82) is 0 Å². The number of Topliss-reactive ketones (excluding diaryl/α,β-unsaturated/α-hetero) is 1. The Morgan fingerprint density at radius 2 is 1.43 bits per heavy atom. The van der Waals surface area contributed by atoms with Gasteiger partial charge in [-0.2, -0.15) is 0 Å². The van der Waals surface area contributed by atoms with Crippen molar-refractivity contribution in [2.24, 2.45) is 5.41 Å². The molecule has 0 saturated heterocycles. The minimum absolute atomic E-state index is 0.304. The normalized spacial score (nSPS) is 12.7. The summed E-state index contributed by atoms with van der Waals surface area (Å²) in [5.74, 6) is 4.28. The van der Waals surface area contributed by atoms with E-state index in [1.54, 1.807) is 24.3 Å². The van der Waals surface area contributed by atoms with Crippen LogP contribution in [-0.2, 0) is 16.0 Å². The summed E-state index contributed by atoms with van der Waals surface area (Å²) in [5, 5.41) is 11.7. The Hall–Kier alpha value is -3.43. The topological polar surface area (TPSA) is 86.7 Å². The molecular formula is C29H36N2O4. The van der Waals surface area contributed by atoms with Gasteiger partial charge in [-0.3, -0.25) is 14.4 Å². The molecule has 2 N–H and O–H groups in total. The number of amides is 2.